The summed E-state index contributed by atoms with van der Waals surface area (Å²) in [5.41, 5.74) is 4.18. The van der Waals surface area contributed by atoms with E-state index in [1.54, 1.807) is 7.11 Å². The molecule has 0 radical (unpaired) electrons. The van der Waals surface area contributed by atoms with Crippen molar-refractivity contribution in [3.05, 3.63) is 29.3 Å². The van der Waals surface area contributed by atoms with Gasteiger partial charge in [-0.05, 0) is 55.9 Å². The second-order valence-electron chi connectivity index (χ2n) is 6.03. The number of nitrogens with zero attached hydrogens (tertiary/aromatic N) is 1. The van der Waals surface area contributed by atoms with Crippen LogP contribution in [0.5, 0.6) is 0 Å². The molecule has 3 nitrogen and oxygen atoms in total. The minimum Gasteiger partial charge on any atom is -0.383 e. The highest BCUT2D eigenvalue weighted by molar-refractivity contribution is 5.52. The highest BCUT2D eigenvalue weighted by Gasteiger charge is 2.21. The second kappa shape index (κ2) is 8.40. The number of methoxy groups -OCH3 is 1. The van der Waals surface area contributed by atoms with Gasteiger partial charge in [0.05, 0.1) is 6.61 Å². The molecule has 1 aromatic rings. The van der Waals surface area contributed by atoms with Crippen molar-refractivity contribution in [3.63, 3.8) is 0 Å². The lowest BCUT2D eigenvalue weighted by Crippen LogP contribution is -2.39. The molecule has 21 heavy (non-hydrogen) atoms. The summed E-state index contributed by atoms with van der Waals surface area (Å²) in [6.45, 7) is 8.34. The van der Waals surface area contributed by atoms with E-state index in [0.717, 1.165) is 25.7 Å². The fourth-order valence-electron chi connectivity index (χ4n) is 3.22. The van der Waals surface area contributed by atoms with Gasteiger partial charge in [0.2, 0.25) is 0 Å². The number of rotatable bonds is 7. The molecule has 0 aliphatic carbocycles. The third kappa shape index (κ3) is 4.45. The van der Waals surface area contributed by atoms with Crippen molar-refractivity contribution in [2.45, 2.75) is 52.1 Å². The number of anilines is 1. The van der Waals surface area contributed by atoms with Crippen LogP contribution < -0.4 is 10.2 Å². The third-order valence-electron chi connectivity index (χ3n) is 4.55. The molecule has 0 aromatic heterocycles. The SMILES string of the molecule is CCC1CCCCN1c1ccc(CNCCOC)c(C)c1. The molecule has 118 valence electrons. The molecule has 0 amide bonds. The average Bonchev–Trinajstić information content (AvgIpc) is 2.52. The highest BCUT2D eigenvalue weighted by Crippen LogP contribution is 2.28. The molecular weight excluding hydrogens is 260 g/mol. The van der Waals surface area contributed by atoms with Crippen LogP contribution in [0.3, 0.4) is 0 Å². The summed E-state index contributed by atoms with van der Waals surface area (Å²) in [6, 6.07) is 7.67. The largest absolute Gasteiger partial charge is 0.383 e. The van der Waals surface area contributed by atoms with Crippen LogP contribution in [0.2, 0.25) is 0 Å². The van der Waals surface area contributed by atoms with Crippen molar-refractivity contribution in [2.75, 3.05) is 31.7 Å². The van der Waals surface area contributed by atoms with E-state index in [2.05, 4.69) is 42.3 Å². The van der Waals surface area contributed by atoms with Gasteiger partial charge in [-0.25, -0.2) is 0 Å². The van der Waals surface area contributed by atoms with Gasteiger partial charge in [0.15, 0.2) is 0 Å². The minimum absolute atomic E-state index is 0.726. The maximum absolute atomic E-state index is 5.06. The number of hydrogen-bond acceptors (Lipinski definition) is 3. The van der Waals surface area contributed by atoms with Gasteiger partial charge in [0, 0.05) is 38.5 Å². The van der Waals surface area contributed by atoms with Crippen molar-refractivity contribution < 1.29 is 4.74 Å². The van der Waals surface area contributed by atoms with Crippen LogP contribution in [-0.4, -0.2) is 32.8 Å². The van der Waals surface area contributed by atoms with Gasteiger partial charge < -0.3 is 15.0 Å². The van der Waals surface area contributed by atoms with Crippen molar-refractivity contribution >= 4 is 5.69 Å². The zero-order valence-corrected chi connectivity index (χ0v) is 13.8. The van der Waals surface area contributed by atoms with Crippen LogP contribution in [0, 0.1) is 6.92 Å². The normalized spacial score (nSPS) is 19.0. The quantitative estimate of drug-likeness (QED) is 0.778. The van der Waals surface area contributed by atoms with Gasteiger partial charge in [-0.2, -0.15) is 0 Å². The Kier molecular flexibility index (Phi) is 6.52. The van der Waals surface area contributed by atoms with E-state index < -0.39 is 0 Å². The average molecular weight is 290 g/mol. The molecular formula is C18H30N2O. The predicted octanol–water partition coefficient (Wildman–Crippen LogP) is 3.50. The Morgan fingerprint density at radius 3 is 2.90 bits per heavy atom. The molecule has 0 bridgehead atoms. The van der Waals surface area contributed by atoms with Crippen LogP contribution in [0.4, 0.5) is 5.69 Å². The topological polar surface area (TPSA) is 24.5 Å². The van der Waals surface area contributed by atoms with Crippen LogP contribution in [0.15, 0.2) is 18.2 Å². The number of piperidine rings is 1. The van der Waals surface area contributed by atoms with Gasteiger partial charge in [-0.15, -0.1) is 0 Å². The molecule has 1 aliphatic rings. The number of nitrogens with one attached hydrogen (secondary N) is 1. The van der Waals surface area contributed by atoms with E-state index in [9.17, 15) is 0 Å². The summed E-state index contributed by atoms with van der Waals surface area (Å²) in [5.74, 6) is 0. The highest BCUT2D eigenvalue weighted by atomic mass is 16.5. The fourth-order valence-corrected chi connectivity index (χ4v) is 3.22. The smallest absolute Gasteiger partial charge is 0.0587 e. The van der Waals surface area contributed by atoms with E-state index in [-0.39, 0.29) is 0 Å². The van der Waals surface area contributed by atoms with Gasteiger partial charge in [-0.3, -0.25) is 0 Å². The van der Waals surface area contributed by atoms with Crippen molar-refractivity contribution in [3.8, 4) is 0 Å². The standard InChI is InChI=1S/C18H30N2O/c1-4-17-7-5-6-11-20(17)18-9-8-16(15(2)13-18)14-19-10-12-21-3/h8-9,13,17,19H,4-7,10-12,14H2,1-3H3. The fraction of sp³-hybridized carbons (Fsp3) is 0.667. The van der Waals surface area contributed by atoms with Crippen LogP contribution >= 0.6 is 0 Å². The Labute approximate surface area is 129 Å². The molecule has 2 rings (SSSR count). The maximum atomic E-state index is 5.06. The Morgan fingerprint density at radius 2 is 2.19 bits per heavy atom. The molecule has 1 unspecified atom stereocenters. The summed E-state index contributed by atoms with van der Waals surface area (Å²) in [4.78, 5) is 2.61. The van der Waals surface area contributed by atoms with Crippen LogP contribution in [-0.2, 0) is 11.3 Å². The predicted molar refractivity (Wildman–Crippen MR) is 90.0 cm³/mol. The zero-order chi connectivity index (χ0) is 15.1. The Balaban J connectivity index is 2.00. The molecule has 0 spiro atoms. The molecule has 1 atom stereocenters. The molecule has 1 heterocycles. The number of hydrogen-bond donors (Lipinski definition) is 1. The summed E-state index contributed by atoms with van der Waals surface area (Å²) in [7, 11) is 1.74. The zero-order valence-electron chi connectivity index (χ0n) is 13.8. The first kappa shape index (κ1) is 16.3. The monoisotopic (exact) mass is 290 g/mol. The Morgan fingerprint density at radius 1 is 1.33 bits per heavy atom. The Bertz CT molecular complexity index is 433. The maximum Gasteiger partial charge on any atom is 0.0587 e. The van der Waals surface area contributed by atoms with E-state index in [0.29, 0.717) is 0 Å². The lowest BCUT2D eigenvalue weighted by molar-refractivity contribution is 0.199. The third-order valence-corrected chi connectivity index (χ3v) is 4.55. The van der Waals surface area contributed by atoms with E-state index in [1.807, 2.05) is 0 Å². The molecule has 1 fully saturated rings. The van der Waals surface area contributed by atoms with Crippen LogP contribution in [0.25, 0.3) is 0 Å². The molecule has 1 N–H and O–H groups in total. The van der Waals surface area contributed by atoms with Gasteiger partial charge in [-0.1, -0.05) is 13.0 Å². The van der Waals surface area contributed by atoms with Crippen molar-refractivity contribution in [1.82, 2.24) is 5.32 Å². The van der Waals surface area contributed by atoms with Crippen molar-refractivity contribution in [2.24, 2.45) is 0 Å². The van der Waals surface area contributed by atoms with Gasteiger partial charge in [0.25, 0.3) is 0 Å². The Hall–Kier alpha value is -1.06. The number of benzene rings is 1. The molecule has 3 heteroatoms. The van der Waals surface area contributed by atoms with E-state index in [1.165, 1.54) is 49.0 Å². The van der Waals surface area contributed by atoms with Crippen LogP contribution in [0.1, 0.15) is 43.7 Å². The summed E-state index contributed by atoms with van der Waals surface area (Å²) < 4.78 is 5.06. The summed E-state index contributed by atoms with van der Waals surface area (Å²) >= 11 is 0. The molecule has 1 aromatic carbocycles. The summed E-state index contributed by atoms with van der Waals surface area (Å²) in [6.07, 6.45) is 5.31. The molecule has 1 saturated heterocycles. The number of aryl methyl sites for hydroxylation is 1. The molecule has 0 saturated carbocycles. The lowest BCUT2D eigenvalue weighted by Gasteiger charge is -2.37. The first-order chi connectivity index (χ1) is 10.3. The first-order valence-corrected chi connectivity index (χ1v) is 8.32. The van der Waals surface area contributed by atoms with E-state index >= 15 is 0 Å². The number of ether oxygens (including phenoxy) is 1. The first-order valence-electron chi connectivity index (χ1n) is 8.32. The second-order valence-corrected chi connectivity index (χ2v) is 6.03. The van der Waals surface area contributed by atoms with Gasteiger partial charge in [0.1, 0.15) is 0 Å². The van der Waals surface area contributed by atoms with Gasteiger partial charge >= 0.3 is 0 Å². The summed E-state index contributed by atoms with van der Waals surface area (Å²) in [5, 5.41) is 3.42. The lowest BCUT2D eigenvalue weighted by atomic mass is 9.98. The molecule has 1 aliphatic heterocycles. The van der Waals surface area contributed by atoms with Crippen molar-refractivity contribution in [1.29, 1.82) is 0 Å². The minimum atomic E-state index is 0.726. The van der Waals surface area contributed by atoms with E-state index in [4.69, 9.17) is 4.74 Å².